The number of benzene rings is 1. The van der Waals surface area contributed by atoms with Crippen LogP contribution in [0.2, 0.25) is 0 Å². The standard InChI is InChI=1S/C21H27FN2O3S/c22-18-3-1-2-4-19(18)28(26,27)24-7-5-23(6-8-24)20(25)21-12-15-9-16(13-21)11-17(10-15)14-21/h1-4,15-17H,5-14H2. The van der Waals surface area contributed by atoms with Gasteiger partial charge in [0.1, 0.15) is 10.7 Å². The number of piperazine rings is 1. The van der Waals surface area contributed by atoms with Crippen molar-refractivity contribution in [1.29, 1.82) is 0 Å². The molecular formula is C21H27FN2O3S. The lowest BCUT2D eigenvalue weighted by atomic mass is 9.49. The normalized spacial score (nSPS) is 35.3. The van der Waals surface area contributed by atoms with Crippen molar-refractivity contribution < 1.29 is 17.6 Å². The number of amides is 1. The van der Waals surface area contributed by atoms with E-state index in [0.29, 0.717) is 30.8 Å². The van der Waals surface area contributed by atoms with Crippen LogP contribution in [-0.4, -0.2) is 49.7 Å². The minimum Gasteiger partial charge on any atom is -0.340 e. The van der Waals surface area contributed by atoms with Crippen molar-refractivity contribution in [1.82, 2.24) is 9.21 Å². The molecule has 1 heterocycles. The number of sulfonamides is 1. The van der Waals surface area contributed by atoms with Crippen molar-refractivity contribution in [3.63, 3.8) is 0 Å². The summed E-state index contributed by atoms with van der Waals surface area (Å²) in [6.45, 7) is 1.26. The van der Waals surface area contributed by atoms with Gasteiger partial charge in [0.05, 0.1) is 5.41 Å². The van der Waals surface area contributed by atoms with E-state index in [1.54, 1.807) is 0 Å². The Morgan fingerprint density at radius 1 is 0.929 bits per heavy atom. The molecule has 0 N–H and O–H groups in total. The second kappa shape index (κ2) is 6.52. The molecule has 0 aromatic heterocycles. The Bertz CT molecular complexity index is 857. The SMILES string of the molecule is O=C(N1CCN(S(=O)(=O)c2ccccc2F)CC1)C12CC3CC(CC(C3)C1)C2. The zero-order chi connectivity index (χ0) is 19.5. The Morgan fingerprint density at radius 3 is 2.00 bits per heavy atom. The van der Waals surface area contributed by atoms with Crippen LogP contribution in [-0.2, 0) is 14.8 Å². The maximum Gasteiger partial charge on any atom is 0.246 e. The Balaban J connectivity index is 1.29. The molecular weight excluding hydrogens is 379 g/mol. The molecule has 0 spiro atoms. The van der Waals surface area contributed by atoms with Gasteiger partial charge in [0.15, 0.2) is 0 Å². The smallest absolute Gasteiger partial charge is 0.246 e. The first-order chi connectivity index (χ1) is 13.4. The predicted molar refractivity (Wildman–Crippen MR) is 102 cm³/mol. The first-order valence-corrected chi connectivity index (χ1v) is 11.9. The highest BCUT2D eigenvalue weighted by atomic mass is 32.2. The van der Waals surface area contributed by atoms with E-state index in [9.17, 15) is 17.6 Å². The Morgan fingerprint density at radius 2 is 1.46 bits per heavy atom. The summed E-state index contributed by atoms with van der Waals surface area (Å²) in [5, 5.41) is 0. The summed E-state index contributed by atoms with van der Waals surface area (Å²) in [5.74, 6) is 1.64. The zero-order valence-electron chi connectivity index (χ0n) is 16.0. The summed E-state index contributed by atoms with van der Waals surface area (Å²) in [5.41, 5.74) is -0.193. The molecule has 4 aliphatic carbocycles. The summed E-state index contributed by atoms with van der Waals surface area (Å²) in [4.78, 5) is 15.0. The van der Waals surface area contributed by atoms with Gasteiger partial charge in [-0.05, 0) is 68.4 Å². The minimum absolute atomic E-state index is 0.193. The van der Waals surface area contributed by atoms with E-state index < -0.39 is 15.8 Å². The van der Waals surface area contributed by atoms with Crippen LogP contribution in [0.1, 0.15) is 38.5 Å². The van der Waals surface area contributed by atoms with Crippen LogP contribution in [0.4, 0.5) is 4.39 Å². The van der Waals surface area contributed by atoms with Crippen molar-refractivity contribution in [3.05, 3.63) is 30.1 Å². The number of nitrogens with zero attached hydrogens (tertiary/aromatic N) is 2. The Labute approximate surface area is 165 Å². The van der Waals surface area contributed by atoms with Crippen LogP contribution in [0.25, 0.3) is 0 Å². The largest absolute Gasteiger partial charge is 0.340 e. The summed E-state index contributed by atoms with van der Waals surface area (Å²) in [6, 6.07) is 5.48. The molecule has 6 rings (SSSR count). The van der Waals surface area contributed by atoms with Gasteiger partial charge in [-0.25, -0.2) is 12.8 Å². The molecule has 1 saturated heterocycles. The van der Waals surface area contributed by atoms with Gasteiger partial charge in [-0.3, -0.25) is 4.79 Å². The molecule has 4 saturated carbocycles. The molecule has 7 heteroatoms. The molecule has 1 aromatic carbocycles. The van der Waals surface area contributed by atoms with E-state index in [4.69, 9.17) is 0 Å². The second-order valence-electron chi connectivity index (χ2n) is 9.32. The van der Waals surface area contributed by atoms with E-state index in [-0.39, 0.29) is 29.3 Å². The van der Waals surface area contributed by atoms with E-state index in [1.807, 2.05) is 4.90 Å². The van der Waals surface area contributed by atoms with Crippen LogP contribution in [0.15, 0.2) is 29.2 Å². The number of hydrogen-bond acceptors (Lipinski definition) is 3. The molecule has 5 aliphatic rings. The molecule has 1 aromatic rings. The topological polar surface area (TPSA) is 57.7 Å². The monoisotopic (exact) mass is 406 g/mol. The molecule has 0 radical (unpaired) electrons. The third kappa shape index (κ3) is 2.89. The van der Waals surface area contributed by atoms with Gasteiger partial charge in [0, 0.05) is 26.2 Å². The van der Waals surface area contributed by atoms with Gasteiger partial charge < -0.3 is 4.90 Å². The molecule has 0 atom stereocenters. The summed E-state index contributed by atoms with van der Waals surface area (Å²) < 4.78 is 40.9. The molecule has 1 aliphatic heterocycles. The first kappa shape index (κ1) is 18.6. The number of carbonyl (C=O) groups excluding carboxylic acids is 1. The van der Waals surface area contributed by atoms with Gasteiger partial charge in [-0.1, -0.05) is 12.1 Å². The van der Waals surface area contributed by atoms with Crippen molar-refractivity contribution in [2.45, 2.75) is 43.4 Å². The molecule has 5 nitrogen and oxygen atoms in total. The fraction of sp³-hybridized carbons (Fsp3) is 0.667. The molecule has 5 fully saturated rings. The maximum atomic E-state index is 14.0. The Hall–Kier alpha value is -1.47. The summed E-state index contributed by atoms with van der Waals surface area (Å²) >= 11 is 0. The second-order valence-corrected chi connectivity index (χ2v) is 11.2. The van der Waals surface area contributed by atoms with E-state index in [0.717, 1.165) is 19.3 Å². The number of rotatable bonds is 3. The minimum atomic E-state index is -3.87. The number of halogens is 1. The highest BCUT2D eigenvalue weighted by molar-refractivity contribution is 7.89. The lowest BCUT2D eigenvalue weighted by molar-refractivity contribution is -0.158. The lowest BCUT2D eigenvalue weighted by Gasteiger charge is -2.57. The van der Waals surface area contributed by atoms with Gasteiger partial charge in [-0.15, -0.1) is 0 Å². The Kier molecular flexibility index (Phi) is 4.32. The summed E-state index contributed by atoms with van der Waals surface area (Å²) in [6.07, 6.45) is 6.94. The highest BCUT2D eigenvalue weighted by Gasteiger charge is 2.55. The van der Waals surface area contributed by atoms with Gasteiger partial charge in [0.25, 0.3) is 0 Å². The fourth-order valence-electron chi connectivity index (χ4n) is 6.63. The third-order valence-corrected chi connectivity index (χ3v) is 9.40. The average molecular weight is 407 g/mol. The van der Waals surface area contributed by atoms with Crippen LogP contribution < -0.4 is 0 Å². The predicted octanol–water partition coefficient (Wildman–Crippen LogP) is 2.88. The number of carbonyl (C=O) groups is 1. The number of hydrogen-bond donors (Lipinski definition) is 0. The van der Waals surface area contributed by atoms with Crippen molar-refractivity contribution in [2.24, 2.45) is 23.2 Å². The lowest BCUT2D eigenvalue weighted by Crippen LogP contribution is -2.58. The molecule has 4 bridgehead atoms. The molecule has 28 heavy (non-hydrogen) atoms. The van der Waals surface area contributed by atoms with Gasteiger partial charge >= 0.3 is 0 Å². The summed E-state index contributed by atoms with van der Waals surface area (Å²) in [7, 11) is -3.87. The highest BCUT2D eigenvalue weighted by Crippen LogP contribution is 2.60. The molecule has 152 valence electrons. The van der Waals surface area contributed by atoms with Crippen molar-refractivity contribution in [2.75, 3.05) is 26.2 Å². The average Bonchev–Trinajstić information content (AvgIpc) is 2.66. The van der Waals surface area contributed by atoms with Crippen LogP contribution in [0, 0.1) is 29.0 Å². The van der Waals surface area contributed by atoms with Gasteiger partial charge in [0.2, 0.25) is 15.9 Å². The van der Waals surface area contributed by atoms with Gasteiger partial charge in [-0.2, -0.15) is 4.31 Å². The van der Waals surface area contributed by atoms with E-state index in [2.05, 4.69) is 0 Å². The van der Waals surface area contributed by atoms with Crippen molar-refractivity contribution in [3.8, 4) is 0 Å². The quantitative estimate of drug-likeness (QED) is 0.776. The van der Waals surface area contributed by atoms with Crippen molar-refractivity contribution >= 4 is 15.9 Å². The van der Waals surface area contributed by atoms with Crippen LogP contribution >= 0.6 is 0 Å². The zero-order valence-corrected chi connectivity index (χ0v) is 16.8. The van der Waals surface area contributed by atoms with E-state index in [1.165, 1.54) is 47.8 Å². The third-order valence-electron chi connectivity index (χ3n) is 7.47. The molecule has 0 unspecified atom stereocenters. The van der Waals surface area contributed by atoms with Crippen LogP contribution in [0.3, 0.4) is 0 Å². The maximum absolute atomic E-state index is 14.0. The fourth-order valence-corrected chi connectivity index (χ4v) is 8.12. The van der Waals surface area contributed by atoms with E-state index >= 15 is 0 Å². The molecule has 1 amide bonds. The first-order valence-electron chi connectivity index (χ1n) is 10.4. The van der Waals surface area contributed by atoms with Crippen LogP contribution in [0.5, 0.6) is 0 Å².